The van der Waals surface area contributed by atoms with Crippen LogP contribution >= 0.6 is 11.6 Å². The maximum absolute atomic E-state index is 6.00. The summed E-state index contributed by atoms with van der Waals surface area (Å²) in [5.41, 5.74) is 3.29. The fourth-order valence-electron chi connectivity index (χ4n) is 2.29. The number of fused-ring (bicyclic) bond motifs is 1. The fraction of sp³-hybridized carbons (Fsp3) is 0.267. The van der Waals surface area contributed by atoms with E-state index in [2.05, 4.69) is 28.6 Å². The molecule has 2 aromatic heterocycles. The van der Waals surface area contributed by atoms with Crippen LogP contribution < -0.4 is 0 Å². The molecule has 0 N–H and O–H groups in total. The highest BCUT2D eigenvalue weighted by Crippen LogP contribution is 2.21. The average Bonchev–Trinajstić information content (AvgIpc) is 2.94. The molecule has 3 nitrogen and oxygen atoms in total. The standard InChI is InChI=1S/C15H15ClN2O/c1-10-3-6-13-14(7-10)18(15(8-16)17-13)9-12-5-4-11(2)19-12/h3-7H,8-9H2,1-2H3. The molecule has 0 amide bonds. The maximum Gasteiger partial charge on any atom is 0.125 e. The molecule has 0 saturated carbocycles. The number of aromatic nitrogens is 2. The van der Waals surface area contributed by atoms with Gasteiger partial charge in [-0.15, -0.1) is 11.6 Å². The van der Waals surface area contributed by atoms with Crippen LogP contribution in [0.2, 0.25) is 0 Å². The lowest BCUT2D eigenvalue weighted by Crippen LogP contribution is -2.03. The predicted octanol–water partition coefficient (Wildman–Crippen LogP) is 4.03. The Hall–Kier alpha value is -1.74. The van der Waals surface area contributed by atoms with Crippen LogP contribution in [0.25, 0.3) is 11.0 Å². The number of aryl methyl sites for hydroxylation is 2. The molecule has 0 aliphatic heterocycles. The van der Waals surface area contributed by atoms with Gasteiger partial charge in [0.05, 0.1) is 23.5 Å². The van der Waals surface area contributed by atoms with Gasteiger partial charge in [-0.05, 0) is 43.7 Å². The van der Waals surface area contributed by atoms with Gasteiger partial charge in [0.1, 0.15) is 17.3 Å². The zero-order chi connectivity index (χ0) is 13.4. The molecule has 0 saturated heterocycles. The second-order valence-corrected chi connectivity index (χ2v) is 5.02. The topological polar surface area (TPSA) is 31.0 Å². The summed E-state index contributed by atoms with van der Waals surface area (Å²) in [5, 5.41) is 0. The largest absolute Gasteiger partial charge is 0.464 e. The third-order valence-corrected chi connectivity index (χ3v) is 3.45. The van der Waals surface area contributed by atoms with Gasteiger partial charge in [0.25, 0.3) is 0 Å². The average molecular weight is 275 g/mol. The SMILES string of the molecule is Cc1ccc2nc(CCl)n(Cc3ccc(C)o3)c2c1. The summed E-state index contributed by atoms with van der Waals surface area (Å²) in [6.45, 7) is 4.69. The minimum absolute atomic E-state index is 0.396. The first-order valence-electron chi connectivity index (χ1n) is 6.24. The van der Waals surface area contributed by atoms with E-state index in [1.165, 1.54) is 5.56 Å². The highest BCUT2D eigenvalue weighted by Gasteiger charge is 2.11. The highest BCUT2D eigenvalue weighted by atomic mass is 35.5. The quantitative estimate of drug-likeness (QED) is 0.675. The third-order valence-electron chi connectivity index (χ3n) is 3.21. The molecular formula is C15H15ClN2O. The van der Waals surface area contributed by atoms with E-state index in [1.807, 2.05) is 25.1 Å². The lowest BCUT2D eigenvalue weighted by Gasteiger charge is -2.06. The Morgan fingerprint density at radius 3 is 2.74 bits per heavy atom. The second-order valence-electron chi connectivity index (χ2n) is 4.75. The molecule has 0 fully saturated rings. The van der Waals surface area contributed by atoms with Crippen LogP contribution in [-0.4, -0.2) is 9.55 Å². The van der Waals surface area contributed by atoms with Crippen molar-refractivity contribution in [3.63, 3.8) is 0 Å². The molecule has 2 heterocycles. The molecule has 0 spiro atoms. The Bertz CT molecular complexity index is 727. The summed E-state index contributed by atoms with van der Waals surface area (Å²) in [6, 6.07) is 10.2. The highest BCUT2D eigenvalue weighted by molar-refractivity contribution is 6.16. The predicted molar refractivity (Wildman–Crippen MR) is 76.6 cm³/mol. The van der Waals surface area contributed by atoms with Gasteiger partial charge in [-0.2, -0.15) is 0 Å². The summed E-state index contributed by atoms with van der Waals surface area (Å²) in [5.74, 6) is 3.11. The number of halogens is 1. The van der Waals surface area contributed by atoms with Crippen LogP contribution in [0, 0.1) is 13.8 Å². The summed E-state index contributed by atoms with van der Waals surface area (Å²) < 4.78 is 7.76. The van der Waals surface area contributed by atoms with E-state index in [0.29, 0.717) is 12.4 Å². The monoisotopic (exact) mass is 274 g/mol. The minimum atomic E-state index is 0.396. The van der Waals surface area contributed by atoms with Crippen molar-refractivity contribution in [2.45, 2.75) is 26.3 Å². The molecule has 1 aromatic carbocycles. The van der Waals surface area contributed by atoms with Crippen molar-refractivity contribution in [2.75, 3.05) is 0 Å². The van der Waals surface area contributed by atoms with Crippen LogP contribution in [0.4, 0.5) is 0 Å². The van der Waals surface area contributed by atoms with E-state index in [0.717, 1.165) is 28.4 Å². The maximum atomic E-state index is 6.00. The van der Waals surface area contributed by atoms with Gasteiger partial charge in [-0.3, -0.25) is 0 Å². The van der Waals surface area contributed by atoms with Crippen molar-refractivity contribution >= 4 is 22.6 Å². The van der Waals surface area contributed by atoms with Gasteiger partial charge in [0.2, 0.25) is 0 Å². The van der Waals surface area contributed by atoms with E-state index in [-0.39, 0.29) is 0 Å². The van der Waals surface area contributed by atoms with Crippen molar-refractivity contribution in [1.82, 2.24) is 9.55 Å². The van der Waals surface area contributed by atoms with Gasteiger partial charge < -0.3 is 8.98 Å². The van der Waals surface area contributed by atoms with Crippen LogP contribution in [0.5, 0.6) is 0 Å². The van der Waals surface area contributed by atoms with Crippen molar-refractivity contribution in [1.29, 1.82) is 0 Å². The number of hydrogen-bond acceptors (Lipinski definition) is 2. The van der Waals surface area contributed by atoms with Gasteiger partial charge in [-0.1, -0.05) is 6.07 Å². The molecule has 0 atom stereocenters. The Labute approximate surface area is 116 Å². The lowest BCUT2D eigenvalue weighted by molar-refractivity contribution is 0.470. The van der Waals surface area contributed by atoms with Crippen LogP contribution in [0.3, 0.4) is 0 Å². The molecule has 4 heteroatoms. The molecule has 3 rings (SSSR count). The zero-order valence-corrected chi connectivity index (χ0v) is 11.7. The van der Waals surface area contributed by atoms with Gasteiger partial charge in [-0.25, -0.2) is 4.98 Å². The lowest BCUT2D eigenvalue weighted by atomic mass is 10.2. The van der Waals surface area contributed by atoms with E-state index in [1.54, 1.807) is 0 Å². The molecule has 0 radical (unpaired) electrons. The number of alkyl halides is 1. The first-order valence-corrected chi connectivity index (χ1v) is 6.78. The first kappa shape index (κ1) is 12.3. The Balaban J connectivity index is 2.12. The molecule has 0 aliphatic carbocycles. The minimum Gasteiger partial charge on any atom is -0.464 e. The van der Waals surface area contributed by atoms with Crippen molar-refractivity contribution in [3.05, 3.63) is 53.2 Å². The van der Waals surface area contributed by atoms with Gasteiger partial charge >= 0.3 is 0 Å². The molecule has 0 bridgehead atoms. The zero-order valence-electron chi connectivity index (χ0n) is 11.0. The molecule has 0 unspecified atom stereocenters. The number of nitrogens with zero attached hydrogens (tertiary/aromatic N) is 2. The molecule has 3 aromatic rings. The van der Waals surface area contributed by atoms with Crippen molar-refractivity contribution < 1.29 is 4.42 Å². The Morgan fingerprint density at radius 2 is 2.05 bits per heavy atom. The first-order chi connectivity index (χ1) is 9.17. The van der Waals surface area contributed by atoms with Crippen molar-refractivity contribution in [3.8, 4) is 0 Å². The third kappa shape index (κ3) is 2.26. The number of furan rings is 1. The van der Waals surface area contributed by atoms with Gasteiger partial charge in [0.15, 0.2) is 0 Å². The number of hydrogen-bond donors (Lipinski definition) is 0. The second kappa shape index (κ2) is 4.74. The van der Waals surface area contributed by atoms with Crippen LogP contribution in [0.15, 0.2) is 34.7 Å². The summed E-state index contributed by atoms with van der Waals surface area (Å²) in [7, 11) is 0. The summed E-state index contributed by atoms with van der Waals surface area (Å²) in [6.07, 6.45) is 0. The van der Waals surface area contributed by atoms with Crippen LogP contribution in [0.1, 0.15) is 22.9 Å². The van der Waals surface area contributed by atoms with Crippen molar-refractivity contribution in [2.24, 2.45) is 0 Å². The Kier molecular flexibility index (Phi) is 3.07. The number of benzene rings is 1. The molecule has 19 heavy (non-hydrogen) atoms. The summed E-state index contributed by atoms with van der Waals surface area (Å²) >= 11 is 6.00. The van der Waals surface area contributed by atoms with Gasteiger partial charge in [0, 0.05) is 0 Å². The smallest absolute Gasteiger partial charge is 0.125 e. The van der Waals surface area contributed by atoms with E-state index in [4.69, 9.17) is 16.0 Å². The Morgan fingerprint density at radius 1 is 1.21 bits per heavy atom. The van der Waals surface area contributed by atoms with Crippen LogP contribution in [-0.2, 0) is 12.4 Å². The normalized spacial score (nSPS) is 11.3. The van der Waals surface area contributed by atoms with E-state index < -0.39 is 0 Å². The number of rotatable bonds is 3. The van der Waals surface area contributed by atoms with E-state index >= 15 is 0 Å². The summed E-state index contributed by atoms with van der Waals surface area (Å²) in [4.78, 5) is 4.56. The molecule has 98 valence electrons. The number of imidazole rings is 1. The van der Waals surface area contributed by atoms with E-state index in [9.17, 15) is 0 Å². The molecule has 0 aliphatic rings. The molecular weight excluding hydrogens is 260 g/mol. The fourth-order valence-corrected chi connectivity index (χ4v) is 2.49.